The van der Waals surface area contributed by atoms with Crippen LogP contribution in [0.3, 0.4) is 0 Å². The van der Waals surface area contributed by atoms with Crippen molar-refractivity contribution in [1.29, 1.82) is 0 Å². The van der Waals surface area contributed by atoms with Crippen LogP contribution in [0, 0.1) is 10.1 Å². The highest BCUT2D eigenvalue weighted by atomic mass is 16.6. The Morgan fingerprint density at radius 1 is 1.21 bits per heavy atom. The minimum Gasteiger partial charge on any atom is -0.465 e. The fourth-order valence-electron chi connectivity index (χ4n) is 2.81. The van der Waals surface area contributed by atoms with Crippen LogP contribution in [0.15, 0.2) is 59.8 Å². The number of nitrogens with one attached hydrogen (secondary N) is 1. The topological polar surface area (TPSA) is 116 Å². The van der Waals surface area contributed by atoms with Gasteiger partial charge in [0.1, 0.15) is 6.54 Å². The number of carbonyl (C=O) groups excluding carboxylic acids is 2. The van der Waals surface area contributed by atoms with Crippen molar-refractivity contribution < 1.29 is 19.2 Å². The first-order valence-electron chi connectivity index (χ1n) is 8.81. The largest absolute Gasteiger partial charge is 0.465 e. The van der Waals surface area contributed by atoms with E-state index in [1.165, 1.54) is 30.5 Å². The summed E-state index contributed by atoms with van der Waals surface area (Å²) in [6.07, 6.45) is 3.23. The minimum absolute atomic E-state index is 0.0668. The quantitative estimate of drug-likeness (QED) is 0.286. The molecule has 0 radical (unpaired) electrons. The third-order valence-electron chi connectivity index (χ3n) is 4.13. The molecule has 0 aliphatic rings. The first-order chi connectivity index (χ1) is 14.0. The molecule has 1 aromatic heterocycles. The van der Waals surface area contributed by atoms with Gasteiger partial charge < -0.3 is 9.30 Å². The van der Waals surface area contributed by atoms with Gasteiger partial charge in [0, 0.05) is 40.4 Å². The predicted octanol–water partition coefficient (Wildman–Crippen LogP) is 2.88. The van der Waals surface area contributed by atoms with Gasteiger partial charge in [0.05, 0.1) is 17.7 Å². The van der Waals surface area contributed by atoms with Gasteiger partial charge in [-0.05, 0) is 25.1 Å². The van der Waals surface area contributed by atoms with E-state index in [0.717, 1.165) is 10.9 Å². The molecule has 0 saturated heterocycles. The number of hydrazone groups is 1. The number of nitrogens with zero attached hydrogens (tertiary/aromatic N) is 3. The minimum atomic E-state index is -0.536. The maximum absolute atomic E-state index is 12.1. The van der Waals surface area contributed by atoms with Gasteiger partial charge in [0.25, 0.3) is 11.6 Å². The zero-order chi connectivity index (χ0) is 20.8. The van der Waals surface area contributed by atoms with E-state index in [9.17, 15) is 19.7 Å². The SMILES string of the molecule is CCOC(=O)Cn1cc(/C=N\NC(=O)c2ccc([N+](=O)[O-])cc2)c2ccccc21. The standard InChI is InChI=1S/C20H18N4O5/c1-2-29-19(25)13-23-12-15(17-5-3-4-6-18(17)23)11-21-22-20(26)14-7-9-16(10-8-14)24(27)28/h3-12H,2,13H2,1H3,(H,22,26)/b21-11-. The monoisotopic (exact) mass is 394 g/mol. The lowest BCUT2D eigenvalue weighted by molar-refractivity contribution is -0.384. The van der Waals surface area contributed by atoms with Crippen LogP contribution >= 0.6 is 0 Å². The predicted molar refractivity (Wildman–Crippen MR) is 107 cm³/mol. The summed E-state index contributed by atoms with van der Waals surface area (Å²) < 4.78 is 6.75. The number of hydrogen-bond acceptors (Lipinski definition) is 6. The second-order valence-corrected chi connectivity index (χ2v) is 6.04. The molecule has 0 fully saturated rings. The number of amides is 1. The molecule has 9 heteroatoms. The molecule has 3 aromatic rings. The molecule has 0 saturated carbocycles. The van der Waals surface area contributed by atoms with Crippen molar-refractivity contribution >= 4 is 34.7 Å². The number of para-hydroxylation sites is 1. The summed E-state index contributed by atoms with van der Waals surface area (Å²) >= 11 is 0. The third kappa shape index (κ3) is 4.64. The maximum atomic E-state index is 12.1. The summed E-state index contributed by atoms with van der Waals surface area (Å²) in [6.45, 7) is 2.12. The molecule has 9 nitrogen and oxygen atoms in total. The first kappa shape index (κ1) is 19.7. The van der Waals surface area contributed by atoms with Crippen LogP contribution in [0.4, 0.5) is 5.69 Å². The Bertz CT molecular complexity index is 1090. The van der Waals surface area contributed by atoms with Crippen molar-refractivity contribution in [3.63, 3.8) is 0 Å². The van der Waals surface area contributed by atoms with E-state index in [2.05, 4.69) is 10.5 Å². The second kappa shape index (κ2) is 8.79. The Kier molecular flexibility index (Phi) is 5.98. The van der Waals surface area contributed by atoms with Gasteiger partial charge in [-0.15, -0.1) is 0 Å². The number of aromatic nitrogens is 1. The highest BCUT2D eigenvalue weighted by molar-refractivity contribution is 6.01. The number of esters is 1. The molecule has 2 aromatic carbocycles. The highest BCUT2D eigenvalue weighted by Crippen LogP contribution is 2.20. The van der Waals surface area contributed by atoms with Crippen molar-refractivity contribution in [3.05, 3.63) is 76.0 Å². The van der Waals surface area contributed by atoms with Gasteiger partial charge >= 0.3 is 5.97 Å². The number of hydrogen-bond donors (Lipinski definition) is 1. The van der Waals surface area contributed by atoms with Gasteiger partial charge in [-0.1, -0.05) is 18.2 Å². The smallest absolute Gasteiger partial charge is 0.325 e. The van der Waals surface area contributed by atoms with Crippen molar-refractivity contribution in [2.75, 3.05) is 6.61 Å². The van der Waals surface area contributed by atoms with E-state index < -0.39 is 10.8 Å². The van der Waals surface area contributed by atoms with Crippen LogP contribution in [0.5, 0.6) is 0 Å². The molecule has 0 aliphatic carbocycles. The van der Waals surface area contributed by atoms with Gasteiger partial charge in [-0.2, -0.15) is 5.10 Å². The molecular formula is C20H18N4O5. The summed E-state index contributed by atoms with van der Waals surface area (Å²) in [5, 5.41) is 15.5. The highest BCUT2D eigenvalue weighted by Gasteiger charge is 2.11. The molecule has 29 heavy (non-hydrogen) atoms. The van der Waals surface area contributed by atoms with E-state index in [1.54, 1.807) is 17.7 Å². The van der Waals surface area contributed by atoms with Gasteiger partial charge in [-0.3, -0.25) is 19.7 Å². The number of nitro benzene ring substituents is 1. The summed E-state index contributed by atoms with van der Waals surface area (Å²) in [4.78, 5) is 34.1. The number of ether oxygens (including phenoxy) is 1. The van der Waals surface area contributed by atoms with Crippen LogP contribution in [-0.2, 0) is 16.1 Å². The van der Waals surface area contributed by atoms with E-state index in [4.69, 9.17) is 4.74 Å². The van der Waals surface area contributed by atoms with Crippen LogP contribution in [0.25, 0.3) is 10.9 Å². The van der Waals surface area contributed by atoms with Crippen molar-refractivity contribution in [1.82, 2.24) is 9.99 Å². The zero-order valence-electron chi connectivity index (χ0n) is 15.6. The molecule has 0 unspecified atom stereocenters. The van der Waals surface area contributed by atoms with Crippen molar-refractivity contribution in [3.8, 4) is 0 Å². The van der Waals surface area contributed by atoms with Crippen molar-refractivity contribution in [2.24, 2.45) is 5.10 Å². The fourth-order valence-corrected chi connectivity index (χ4v) is 2.81. The number of fused-ring (bicyclic) bond motifs is 1. The van der Waals surface area contributed by atoms with E-state index in [0.29, 0.717) is 12.2 Å². The van der Waals surface area contributed by atoms with Gasteiger partial charge in [-0.25, -0.2) is 5.43 Å². The number of carbonyl (C=O) groups is 2. The van der Waals surface area contributed by atoms with Crippen LogP contribution in [0.1, 0.15) is 22.8 Å². The summed E-state index contributed by atoms with van der Waals surface area (Å²) in [5.74, 6) is -0.838. The van der Waals surface area contributed by atoms with E-state index in [-0.39, 0.29) is 23.8 Å². The van der Waals surface area contributed by atoms with Crippen LogP contribution in [-0.4, -0.2) is 34.2 Å². The third-order valence-corrected chi connectivity index (χ3v) is 4.13. The van der Waals surface area contributed by atoms with Crippen molar-refractivity contribution in [2.45, 2.75) is 13.5 Å². The number of benzene rings is 2. The summed E-state index contributed by atoms with van der Waals surface area (Å²) in [5.41, 5.74) is 4.09. The van der Waals surface area contributed by atoms with E-state index >= 15 is 0 Å². The lowest BCUT2D eigenvalue weighted by Gasteiger charge is -2.04. The lowest BCUT2D eigenvalue weighted by Crippen LogP contribution is -2.17. The van der Waals surface area contributed by atoms with Gasteiger partial charge in [0.2, 0.25) is 0 Å². The number of nitro groups is 1. The molecule has 3 rings (SSSR count). The Labute approximate surface area is 165 Å². The molecule has 1 amide bonds. The molecule has 0 bridgehead atoms. The Hall–Kier alpha value is -4.01. The molecule has 0 aliphatic heterocycles. The molecule has 0 atom stereocenters. The normalized spacial score (nSPS) is 10.9. The zero-order valence-corrected chi connectivity index (χ0v) is 15.6. The molecule has 1 heterocycles. The summed E-state index contributed by atoms with van der Waals surface area (Å²) in [6, 6.07) is 12.7. The van der Waals surface area contributed by atoms with Crippen LogP contribution < -0.4 is 5.43 Å². The molecular weight excluding hydrogens is 376 g/mol. The molecule has 0 spiro atoms. The number of non-ortho nitro benzene ring substituents is 1. The van der Waals surface area contributed by atoms with Crippen LogP contribution in [0.2, 0.25) is 0 Å². The Morgan fingerprint density at radius 2 is 1.93 bits per heavy atom. The molecule has 148 valence electrons. The second-order valence-electron chi connectivity index (χ2n) is 6.04. The fraction of sp³-hybridized carbons (Fsp3) is 0.150. The Morgan fingerprint density at radius 3 is 2.62 bits per heavy atom. The average molecular weight is 394 g/mol. The number of rotatable bonds is 7. The first-order valence-corrected chi connectivity index (χ1v) is 8.81. The van der Waals surface area contributed by atoms with E-state index in [1.807, 2.05) is 24.3 Å². The molecule has 1 N–H and O–H groups in total. The maximum Gasteiger partial charge on any atom is 0.325 e. The lowest BCUT2D eigenvalue weighted by atomic mass is 10.2. The Balaban J connectivity index is 1.75. The summed E-state index contributed by atoms with van der Waals surface area (Å²) in [7, 11) is 0. The average Bonchev–Trinajstić information content (AvgIpc) is 3.06. The van der Waals surface area contributed by atoms with Gasteiger partial charge in [0.15, 0.2) is 0 Å².